The Morgan fingerprint density at radius 3 is 2.70 bits per heavy atom. The molecule has 0 aromatic carbocycles. The fourth-order valence-electron chi connectivity index (χ4n) is 3.65. The fourth-order valence-corrected chi connectivity index (χ4v) is 3.65. The lowest BCUT2D eigenvalue weighted by Gasteiger charge is -2.52. The zero-order chi connectivity index (χ0) is 16.6. The highest BCUT2D eigenvalue weighted by Gasteiger charge is 2.46. The first-order chi connectivity index (χ1) is 11.0. The predicted molar refractivity (Wildman–Crippen MR) is 88.1 cm³/mol. The van der Waals surface area contributed by atoms with Gasteiger partial charge in [0.05, 0.1) is 5.56 Å². The number of likely N-dealkylation sites (tertiary alicyclic amines) is 1. The molecule has 0 saturated carbocycles. The Kier molecular flexibility index (Phi) is 4.00. The number of rotatable bonds is 2. The number of aromatic nitrogens is 1. The third-order valence-electron chi connectivity index (χ3n) is 4.86. The van der Waals surface area contributed by atoms with Crippen LogP contribution in [0.2, 0.25) is 0 Å². The normalized spacial score (nSPS) is 19.7. The lowest BCUT2D eigenvalue weighted by molar-refractivity contribution is -0.136. The van der Waals surface area contributed by atoms with Crippen LogP contribution < -0.4 is 10.2 Å². The molecule has 0 radical (unpaired) electrons. The molecule has 0 aliphatic carbocycles. The molecule has 1 fully saturated rings. The van der Waals surface area contributed by atoms with Crippen LogP contribution in [0.3, 0.4) is 0 Å². The quantitative estimate of drug-likeness (QED) is 0.900. The summed E-state index contributed by atoms with van der Waals surface area (Å²) in [5.41, 5.74) is 0.196. The Labute approximate surface area is 136 Å². The van der Waals surface area contributed by atoms with E-state index >= 15 is 0 Å². The molecule has 1 spiro atoms. The average molecular weight is 316 g/mol. The van der Waals surface area contributed by atoms with Gasteiger partial charge in [0.1, 0.15) is 11.5 Å². The van der Waals surface area contributed by atoms with Gasteiger partial charge in [-0.3, -0.25) is 9.59 Å². The highest BCUT2D eigenvalue weighted by atomic mass is 16.2. The van der Waals surface area contributed by atoms with E-state index < -0.39 is 5.66 Å². The number of pyridine rings is 1. The summed E-state index contributed by atoms with van der Waals surface area (Å²) in [6, 6.07) is 3.60. The summed E-state index contributed by atoms with van der Waals surface area (Å²) in [5.74, 6) is 0.877. The molecule has 23 heavy (non-hydrogen) atoms. The number of hydrogen-bond donors (Lipinski definition) is 1. The number of nitrogens with zero attached hydrogens (tertiary/aromatic N) is 3. The number of fused-ring (bicyclic) bond motifs is 1. The van der Waals surface area contributed by atoms with Gasteiger partial charge in [-0.25, -0.2) is 4.98 Å². The van der Waals surface area contributed by atoms with Crippen LogP contribution in [0.1, 0.15) is 44.0 Å². The van der Waals surface area contributed by atoms with E-state index in [0.717, 1.165) is 25.2 Å². The average Bonchev–Trinajstić information content (AvgIpc) is 2.55. The van der Waals surface area contributed by atoms with Crippen molar-refractivity contribution < 1.29 is 9.59 Å². The van der Waals surface area contributed by atoms with Crippen molar-refractivity contribution in [3.05, 3.63) is 23.9 Å². The van der Waals surface area contributed by atoms with E-state index in [1.54, 1.807) is 12.3 Å². The van der Waals surface area contributed by atoms with Gasteiger partial charge in [0.25, 0.3) is 5.91 Å². The van der Waals surface area contributed by atoms with Crippen LogP contribution in [0.25, 0.3) is 0 Å². The molecule has 1 aromatic rings. The molecule has 1 saturated heterocycles. The molecule has 0 atom stereocenters. The topological polar surface area (TPSA) is 65.5 Å². The Morgan fingerprint density at radius 2 is 2.09 bits per heavy atom. The third-order valence-corrected chi connectivity index (χ3v) is 4.86. The Bertz CT molecular complexity index is 621. The highest BCUT2D eigenvalue weighted by Crippen LogP contribution is 2.35. The molecule has 0 bridgehead atoms. The second-order valence-corrected chi connectivity index (χ2v) is 6.58. The number of hydrogen-bond acceptors (Lipinski definition) is 4. The monoisotopic (exact) mass is 316 g/mol. The molecule has 1 aromatic heterocycles. The smallest absolute Gasteiger partial charge is 0.256 e. The van der Waals surface area contributed by atoms with Crippen molar-refractivity contribution in [1.29, 1.82) is 0 Å². The third kappa shape index (κ3) is 2.56. The molecule has 2 aliphatic heterocycles. The summed E-state index contributed by atoms with van der Waals surface area (Å²) in [6.45, 7) is 8.01. The zero-order valence-corrected chi connectivity index (χ0v) is 14.0. The first kappa shape index (κ1) is 15.8. The summed E-state index contributed by atoms with van der Waals surface area (Å²) in [6.07, 6.45) is 3.17. The van der Waals surface area contributed by atoms with Gasteiger partial charge in [-0.1, -0.05) is 13.8 Å². The van der Waals surface area contributed by atoms with Crippen LogP contribution in [-0.4, -0.2) is 47.0 Å². The van der Waals surface area contributed by atoms with Crippen LogP contribution in [0.15, 0.2) is 18.3 Å². The van der Waals surface area contributed by atoms with Crippen LogP contribution in [0.4, 0.5) is 5.82 Å². The van der Waals surface area contributed by atoms with Gasteiger partial charge in [-0.05, 0) is 19.1 Å². The summed E-state index contributed by atoms with van der Waals surface area (Å²) < 4.78 is 0. The fraction of sp³-hybridized carbons (Fsp3) is 0.588. The number of carbonyl (C=O) groups is 2. The van der Waals surface area contributed by atoms with E-state index in [2.05, 4.69) is 22.1 Å². The molecule has 6 nitrogen and oxygen atoms in total. The van der Waals surface area contributed by atoms with Crippen molar-refractivity contribution >= 4 is 17.6 Å². The molecule has 2 aliphatic rings. The van der Waals surface area contributed by atoms with Crippen LogP contribution in [0, 0.1) is 5.92 Å². The zero-order valence-electron chi connectivity index (χ0n) is 14.0. The standard InChI is InChI=1S/C17H24N4O2/c1-4-21-14-13(6-5-9-18-14)15(22)19-17(21)7-10-20(11-8-17)16(23)12(2)3/h5-6,9,12H,4,7-8,10-11H2,1-3H3,(H,19,22). The van der Waals surface area contributed by atoms with Crippen molar-refractivity contribution in [2.45, 2.75) is 39.3 Å². The Balaban J connectivity index is 1.86. The molecule has 0 unspecified atom stereocenters. The summed E-state index contributed by atoms with van der Waals surface area (Å²) in [5, 5.41) is 3.19. The lowest BCUT2D eigenvalue weighted by Crippen LogP contribution is -2.68. The number of carbonyl (C=O) groups excluding carboxylic acids is 2. The summed E-state index contributed by atoms with van der Waals surface area (Å²) in [7, 11) is 0. The van der Waals surface area contributed by atoms with Crippen molar-refractivity contribution in [2.24, 2.45) is 5.92 Å². The summed E-state index contributed by atoms with van der Waals surface area (Å²) >= 11 is 0. The predicted octanol–water partition coefficient (Wildman–Crippen LogP) is 1.63. The largest absolute Gasteiger partial charge is 0.342 e. The molecular weight excluding hydrogens is 292 g/mol. The van der Waals surface area contributed by atoms with Gasteiger partial charge in [-0.15, -0.1) is 0 Å². The molecule has 6 heteroatoms. The molecule has 1 N–H and O–H groups in total. The number of anilines is 1. The first-order valence-corrected chi connectivity index (χ1v) is 8.32. The SMILES string of the molecule is CCN1c2ncccc2C(=O)NC12CCN(C(=O)C(C)C)CC2. The lowest BCUT2D eigenvalue weighted by atomic mass is 9.90. The van der Waals surface area contributed by atoms with Gasteiger partial charge >= 0.3 is 0 Å². The van der Waals surface area contributed by atoms with E-state index in [4.69, 9.17) is 0 Å². The molecular formula is C17H24N4O2. The van der Waals surface area contributed by atoms with E-state index in [0.29, 0.717) is 18.7 Å². The van der Waals surface area contributed by atoms with Gasteiger partial charge in [-0.2, -0.15) is 0 Å². The van der Waals surface area contributed by atoms with Crippen molar-refractivity contribution in [3.63, 3.8) is 0 Å². The maximum absolute atomic E-state index is 12.5. The van der Waals surface area contributed by atoms with Gasteiger partial charge < -0.3 is 15.1 Å². The van der Waals surface area contributed by atoms with Crippen molar-refractivity contribution in [2.75, 3.05) is 24.5 Å². The number of nitrogens with one attached hydrogen (secondary N) is 1. The number of piperidine rings is 1. The minimum atomic E-state index is -0.430. The van der Waals surface area contributed by atoms with Gasteiger partial charge in [0, 0.05) is 44.6 Å². The van der Waals surface area contributed by atoms with E-state index in [9.17, 15) is 9.59 Å². The Hall–Kier alpha value is -2.11. The van der Waals surface area contributed by atoms with Crippen molar-refractivity contribution in [3.8, 4) is 0 Å². The van der Waals surface area contributed by atoms with Crippen LogP contribution in [0.5, 0.6) is 0 Å². The summed E-state index contributed by atoms with van der Waals surface area (Å²) in [4.78, 5) is 33.2. The first-order valence-electron chi connectivity index (χ1n) is 8.32. The maximum atomic E-state index is 12.5. The molecule has 2 amide bonds. The van der Waals surface area contributed by atoms with E-state index in [-0.39, 0.29) is 17.7 Å². The minimum absolute atomic E-state index is 0.00895. The molecule has 124 valence electrons. The van der Waals surface area contributed by atoms with Gasteiger partial charge in [0.2, 0.25) is 5.91 Å². The van der Waals surface area contributed by atoms with Crippen LogP contribution >= 0.6 is 0 Å². The van der Waals surface area contributed by atoms with Crippen LogP contribution in [-0.2, 0) is 4.79 Å². The van der Waals surface area contributed by atoms with Gasteiger partial charge in [0.15, 0.2) is 0 Å². The maximum Gasteiger partial charge on any atom is 0.256 e. The molecule has 3 heterocycles. The second-order valence-electron chi connectivity index (χ2n) is 6.58. The minimum Gasteiger partial charge on any atom is -0.342 e. The van der Waals surface area contributed by atoms with Crippen molar-refractivity contribution in [1.82, 2.24) is 15.2 Å². The highest BCUT2D eigenvalue weighted by molar-refractivity contribution is 6.01. The van der Waals surface area contributed by atoms with E-state index in [1.165, 1.54) is 0 Å². The Morgan fingerprint density at radius 1 is 1.39 bits per heavy atom. The second kappa shape index (κ2) is 5.83. The number of amides is 2. The molecule has 3 rings (SSSR count). The van der Waals surface area contributed by atoms with E-state index in [1.807, 2.05) is 24.8 Å².